The molecule has 1 unspecified atom stereocenters. The van der Waals surface area contributed by atoms with Gasteiger partial charge in [0, 0.05) is 6.07 Å². The molecule has 1 rings (SSSR count). The monoisotopic (exact) mass is 285 g/mol. The van der Waals surface area contributed by atoms with Crippen LogP contribution in [-0.4, -0.2) is 29.5 Å². The number of carbonyl (C=O) groups is 1. The highest BCUT2D eigenvalue weighted by molar-refractivity contribution is 5.84. The molecule has 0 aromatic heterocycles. The zero-order valence-electron chi connectivity index (χ0n) is 11.2. The average molecular weight is 285 g/mol. The van der Waals surface area contributed by atoms with Gasteiger partial charge in [-0.2, -0.15) is 0 Å². The van der Waals surface area contributed by atoms with Crippen molar-refractivity contribution in [2.45, 2.75) is 19.4 Å². The predicted molar refractivity (Wildman–Crippen MR) is 69.8 cm³/mol. The van der Waals surface area contributed by atoms with Gasteiger partial charge in [-0.3, -0.25) is 14.9 Å². The number of rotatable bonds is 7. The lowest BCUT2D eigenvalue weighted by molar-refractivity contribution is -0.385. The molecule has 0 aliphatic rings. The fourth-order valence-corrected chi connectivity index (χ4v) is 1.54. The first kappa shape index (κ1) is 15.8. The smallest absolute Gasteiger partial charge is 0.272 e. The van der Waals surface area contributed by atoms with E-state index in [1.807, 2.05) is 0 Å². The molecule has 0 spiro atoms. The Morgan fingerprint density at radius 1 is 1.60 bits per heavy atom. The van der Waals surface area contributed by atoms with Crippen LogP contribution in [0.5, 0.6) is 5.75 Å². The Kier molecular flexibility index (Phi) is 4.98. The molecule has 1 aromatic rings. The predicted octanol–water partition coefficient (Wildman–Crippen LogP) is 0.966. The quantitative estimate of drug-likeness (QED) is 0.573. The number of non-ortho nitro benzene ring substituents is 1. The fourth-order valence-electron chi connectivity index (χ4n) is 1.54. The molecule has 0 fully saturated rings. The third-order valence-electron chi connectivity index (χ3n) is 2.75. The van der Waals surface area contributed by atoms with Crippen LogP contribution in [-0.2, 0) is 4.79 Å². The summed E-state index contributed by atoms with van der Waals surface area (Å²) in [5.41, 5.74) is 3.73. The summed E-state index contributed by atoms with van der Waals surface area (Å²) in [5.74, 6) is -1.69. The van der Waals surface area contributed by atoms with Crippen LogP contribution >= 0.6 is 0 Å². The Labute approximate surface area is 115 Å². The second-order valence-electron chi connectivity index (χ2n) is 4.39. The Balaban J connectivity index is 2.84. The van der Waals surface area contributed by atoms with Gasteiger partial charge in [-0.15, -0.1) is 0 Å². The van der Waals surface area contributed by atoms with Crippen LogP contribution in [0.3, 0.4) is 0 Å². The molecular weight excluding hydrogens is 269 g/mol. The zero-order valence-corrected chi connectivity index (χ0v) is 11.2. The van der Waals surface area contributed by atoms with Crippen molar-refractivity contribution < 1.29 is 18.8 Å². The van der Waals surface area contributed by atoms with Crippen LogP contribution in [0.2, 0.25) is 0 Å². The first-order chi connectivity index (χ1) is 9.30. The van der Waals surface area contributed by atoms with Gasteiger partial charge in [0.1, 0.15) is 12.1 Å². The first-order valence-corrected chi connectivity index (χ1v) is 5.92. The lowest BCUT2D eigenvalue weighted by Gasteiger charge is -2.26. The summed E-state index contributed by atoms with van der Waals surface area (Å²) in [7, 11) is 0. The van der Waals surface area contributed by atoms with Crippen molar-refractivity contribution in [2.24, 2.45) is 5.73 Å². The summed E-state index contributed by atoms with van der Waals surface area (Å²) >= 11 is 0. The van der Waals surface area contributed by atoms with E-state index in [1.165, 1.54) is 6.92 Å². The maximum Gasteiger partial charge on any atom is 0.272 e. The maximum atomic E-state index is 13.6. The van der Waals surface area contributed by atoms with Gasteiger partial charge in [-0.05, 0) is 19.5 Å². The van der Waals surface area contributed by atoms with Crippen molar-refractivity contribution in [1.82, 2.24) is 5.32 Å². The summed E-state index contributed by atoms with van der Waals surface area (Å²) in [4.78, 5) is 21.1. The summed E-state index contributed by atoms with van der Waals surface area (Å²) in [6.45, 7) is 3.60. The molecule has 1 amide bonds. The minimum atomic E-state index is -1.15. The van der Waals surface area contributed by atoms with Gasteiger partial charge in [0.05, 0.1) is 11.0 Å². The van der Waals surface area contributed by atoms with Gasteiger partial charge in [-0.25, -0.2) is 4.39 Å². The van der Waals surface area contributed by atoms with Gasteiger partial charge >= 0.3 is 0 Å². The van der Waals surface area contributed by atoms with Gasteiger partial charge < -0.3 is 15.8 Å². The largest absolute Gasteiger partial charge is 0.488 e. The number of hydrogen-bond donors (Lipinski definition) is 2. The first-order valence-electron chi connectivity index (χ1n) is 5.92. The lowest BCUT2D eigenvalue weighted by atomic mass is 10.0. The lowest BCUT2D eigenvalue weighted by Crippen LogP contribution is -2.57. The van der Waals surface area contributed by atoms with Crippen molar-refractivity contribution in [1.29, 1.82) is 0 Å². The van der Waals surface area contributed by atoms with E-state index in [0.29, 0.717) is 6.54 Å². The van der Waals surface area contributed by atoms with E-state index in [0.717, 1.165) is 18.2 Å². The number of carbonyl (C=O) groups excluding carboxylic acids is 1. The number of benzene rings is 1. The van der Waals surface area contributed by atoms with Crippen LogP contribution in [0.15, 0.2) is 18.2 Å². The van der Waals surface area contributed by atoms with Crippen LogP contribution in [0, 0.1) is 15.9 Å². The Morgan fingerprint density at radius 2 is 2.25 bits per heavy atom. The second-order valence-corrected chi connectivity index (χ2v) is 4.39. The van der Waals surface area contributed by atoms with E-state index in [1.54, 1.807) is 6.92 Å². The highest BCUT2D eigenvalue weighted by Gasteiger charge is 2.31. The van der Waals surface area contributed by atoms with E-state index in [9.17, 15) is 19.3 Å². The Hall–Kier alpha value is -2.22. The maximum absolute atomic E-state index is 13.6. The fraction of sp³-hybridized carbons (Fsp3) is 0.417. The number of nitro groups is 1. The van der Waals surface area contributed by atoms with Gasteiger partial charge in [0.15, 0.2) is 11.6 Å². The van der Waals surface area contributed by atoms with Crippen LogP contribution in [0.4, 0.5) is 10.1 Å². The minimum Gasteiger partial charge on any atom is -0.488 e. The van der Waals surface area contributed by atoms with Crippen LogP contribution in [0.25, 0.3) is 0 Å². The number of hydrogen-bond acceptors (Lipinski definition) is 5. The molecule has 0 bridgehead atoms. The second kappa shape index (κ2) is 6.29. The number of likely N-dealkylation sites (N-methyl/N-ethyl adjacent to an activating group) is 1. The molecule has 1 aromatic carbocycles. The van der Waals surface area contributed by atoms with E-state index < -0.39 is 22.2 Å². The average Bonchev–Trinajstić information content (AvgIpc) is 2.37. The molecule has 20 heavy (non-hydrogen) atoms. The molecule has 110 valence electrons. The van der Waals surface area contributed by atoms with E-state index in [2.05, 4.69) is 5.32 Å². The molecule has 0 radical (unpaired) electrons. The topological polar surface area (TPSA) is 107 Å². The van der Waals surface area contributed by atoms with E-state index in [-0.39, 0.29) is 18.0 Å². The van der Waals surface area contributed by atoms with E-state index >= 15 is 0 Å². The molecule has 0 heterocycles. The van der Waals surface area contributed by atoms with Gasteiger partial charge in [-0.1, -0.05) is 6.92 Å². The SMILES string of the molecule is CCNC(C)(COc1ccc([N+](=O)[O-])cc1F)C(N)=O. The zero-order chi connectivity index (χ0) is 15.3. The number of primary amides is 1. The molecule has 7 nitrogen and oxygen atoms in total. The van der Waals surface area contributed by atoms with Crippen molar-refractivity contribution in [2.75, 3.05) is 13.2 Å². The summed E-state index contributed by atoms with van der Waals surface area (Å²) < 4.78 is 18.8. The summed E-state index contributed by atoms with van der Waals surface area (Å²) in [5, 5.41) is 13.3. The number of nitrogens with two attached hydrogens (primary N) is 1. The highest BCUT2D eigenvalue weighted by Crippen LogP contribution is 2.23. The number of nitro benzene ring substituents is 1. The number of nitrogens with one attached hydrogen (secondary N) is 1. The third kappa shape index (κ3) is 3.64. The van der Waals surface area contributed by atoms with E-state index in [4.69, 9.17) is 10.5 Å². The molecule has 0 saturated carbocycles. The van der Waals surface area contributed by atoms with Crippen LogP contribution < -0.4 is 15.8 Å². The van der Waals surface area contributed by atoms with Crippen LogP contribution in [0.1, 0.15) is 13.8 Å². The number of ether oxygens (including phenoxy) is 1. The summed E-state index contributed by atoms with van der Waals surface area (Å²) in [6, 6.07) is 3.01. The van der Waals surface area contributed by atoms with Crippen molar-refractivity contribution in [3.63, 3.8) is 0 Å². The highest BCUT2D eigenvalue weighted by atomic mass is 19.1. The number of halogens is 1. The molecule has 8 heteroatoms. The van der Waals surface area contributed by atoms with Gasteiger partial charge in [0.25, 0.3) is 5.69 Å². The van der Waals surface area contributed by atoms with Crippen molar-refractivity contribution in [3.05, 3.63) is 34.1 Å². The summed E-state index contributed by atoms with van der Waals surface area (Å²) in [6.07, 6.45) is 0. The molecule has 0 aliphatic carbocycles. The molecular formula is C12H16FN3O4. The Morgan fingerprint density at radius 3 is 2.70 bits per heavy atom. The minimum absolute atomic E-state index is 0.180. The Bertz CT molecular complexity index is 523. The molecule has 1 atom stereocenters. The number of amides is 1. The normalized spacial score (nSPS) is 13.6. The molecule has 3 N–H and O–H groups in total. The molecule has 0 saturated heterocycles. The number of nitrogens with zero attached hydrogens (tertiary/aromatic N) is 1. The third-order valence-corrected chi connectivity index (χ3v) is 2.75. The van der Waals surface area contributed by atoms with Crippen molar-refractivity contribution >= 4 is 11.6 Å². The molecule has 0 aliphatic heterocycles. The van der Waals surface area contributed by atoms with Gasteiger partial charge in [0.2, 0.25) is 5.91 Å². The standard InChI is InChI=1S/C12H16FN3O4/c1-3-15-12(2,11(14)17)7-20-10-5-4-8(16(18)19)6-9(10)13/h4-6,15H,3,7H2,1-2H3,(H2,14,17). The van der Waals surface area contributed by atoms with Crippen molar-refractivity contribution in [3.8, 4) is 5.75 Å².